The van der Waals surface area contributed by atoms with Crippen LogP contribution in [0.2, 0.25) is 0 Å². The predicted molar refractivity (Wildman–Crippen MR) is 118 cm³/mol. The van der Waals surface area contributed by atoms with Crippen LogP contribution < -0.4 is 4.90 Å². The van der Waals surface area contributed by atoms with E-state index < -0.39 is 18.6 Å². The molecule has 7 nitrogen and oxygen atoms in total. The highest BCUT2D eigenvalue weighted by molar-refractivity contribution is 7.99. The number of benzene rings is 2. The van der Waals surface area contributed by atoms with Crippen molar-refractivity contribution >= 4 is 40.9 Å². The summed E-state index contributed by atoms with van der Waals surface area (Å²) in [5.74, 6) is -1.10. The highest BCUT2D eigenvalue weighted by Gasteiger charge is 2.37. The Balaban J connectivity index is 1.31. The third kappa shape index (κ3) is 3.67. The van der Waals surface area contributed by atoms with E-state index in [1.807, 2.05) is 48.5 Å². The number of hydrogen-bond donors (Lipinski definition) is 0. The number of nitrogens with zero attached hydrogens (tertiary/aromatic N) is 2. The second-order valence-corrected chi connectivity index (χ2v) is 8.59. The Morgan fingerprint density at radius 1 is 0.969 bits per heavy atom. The number of esters is 1. The summed E-state index contributed by atoms with van der Waals surface area (Å²) in [5.41, 5.74) is 1.51. The zero-order valence-electron chi connectivity index (χ0n) is 17.1. The van der Waals surface area contributed by atoms with Crippen LogP contribution >= 0.6 is 11.8 Å². The summed E-state index contributed by atoms with van der Waals surface area (Å²) in [6, 6.07) is 17.7. The minimum Gasteiger partial charge on any atom is -0.459 e. The molecular formula is C24H20N2O5S. The Labute approximate surface area is 188 Å². The quantitative estimate of drug-likeness (QED) is 0.555. The molecule has 8 heteroatoms. The standard InChI is InChI=1S/C24H20N2O5S/c27-22(26-16-7-1-3-11-20(16)32-21-12-4-2-8-17(21)26)15-31-24(29)18-9-5-13-25(18)23(28)19-10-6-14-30-19/h1-4,6-8,10-12,14,18H,5,9,13,15H2/t18-/m0/s1. The fourth-order valence-corrected chi connectivity index (χ4v) is 5.12. The van der Waals surface area contributed by atoms with E-state index in [2.05, 4.69) is 0 Å². The lowest BCUT2D eigenvalue weighted by atomic mass is 10.2. The lowest BCUT2D eigenvalue weighted by Crippen LogP contribution is -2.42. The van der Waals surface area contributed by atoms with Crippen molar-refractivity contribution < 1.29 is 23.5 Å². The lowest BCUT2D eigenvalue weighted by Gasteiger charge is -2.31. The van der Waals surface area contributed by atoms with Crippen molar-refractivity contribution in [2.45, 2.75) is 28.7 Å². The van der Waals surface area contributed by atoms with E-state index >= 15 is 0 Å². The van der Waals surface area contributed by atoms with Gasteiger partial charge in [0.15, 0.2) is 12.4 Å². The van der Waals surface area contributed by atoms with Crippen LogP contribution in [-0.4, -0.2) is 41.9 Å². The van der Waals surface area contributed by atoms with Gasteiger partial charge in [-0.25, -0.2) is 4.79 Å². The highest BCUT2D eigenvalue weighted by Crippen LogP contribution is 2.47. The molecule has 2 aliphatic rings. The smallest absolute Gasteiger partial charge is 0.329 e. The molecule has 2 aromatic carbocycles. The van der Waals surface area contributed by atoms with Crippen molar-refractivity contribution in [3.63, 3.8) is 0 Å². The molecule has 1 aromatic heterocycles. The largest absolute Gasteiger partial charge is 0.459 e. The molecule has 1 saturated heterocycles. The van der Waals surface area contributed by atoms with E-state index in [1.165, 1.54) is 11.2 Å². The van der Waals surface area contributed by atoms with Gasteiger partial charge >= 0.3 is 5.97 Å². The van der Waals surface area contributed by atoms with Crippen LogP contribution in [-0.2, 0) is 14.3 Å². The monoisotopic (exact) mass is 448 g/mol. The minimum absolute atomic E-state index is 0.180. The lowest BCUT2D eigenvalue weighted by molar-refractivity contribution is -0.151. The van der Waals surface area contributed by atoms with Gasteiger partial charge in [0.05, 0.1) is 17.6 Å². The van der Waals surface area contributed by atoms with Gasteiger partial charge in [-0.2, -0.15) is 0 Å². The predicted octanol–water partition coefficient (Wildman–Crippen LogP) is 4.26. The first-order chi connectivity index (χ1) is 15.6. The second kappa shape index (κ2) is 8.55. The summed E-state index contributed by atoms with van der Waals surface area (Å²) >= 11 is 1.60. The maximum Gasteiger partial charge on any atom is 0.329 e. The van der Waals surface area contributed by atoms with E-state index in [-0.39, 0.29) is 17.6 Å². The normalized spacial score (nSPS) is 16.9. The number of rotatable bonds is 4. The molecule has 0 bridgehead atoms. The number of hydrogen-bond acceptors (Lipinski definition) is 6. The Morgan fingerprint density at radius 3 is 2.31 bits per heavy atom. The SMILES string of the molecule is O=C(OCC(=O)N1c2ccccc2Sc2ccccc21)[C@@H]1CCCN1C(=O)c1ccco1. The average Bonchev–Trinajstić information content (AvgIpc) is 3.53. The zero-order valence-corrected chi connectivity index (χ0v) is 17.9. The van der Waals surface area contributed by atoms with Crippen LogP contribution in [0.1, 0.15) is 23.4 Å². The van der Waals surface area contributed by atoms with Crippen LogP contribution in [0.15, 0.2) is 81.1 Å². The fourth-order valence-electron chi connectivity index (χ4n) is 4.06. The number of ether oxygens (including phenoxy) is 1. The van der Waals surface area contributed by atoms with E-state index in [0.717, 1.165) is 21.2 Å². The maximum absolute atomic E-state index is 13.2. The number of carbonyl (C=O) groups excluding carboxylic acids is 3. The molecule has 0 N–H and O–H groups in total. The molecule has 0 radical (unpaired) electrons. The molecule has 1 atom stereocenters. The van der Waals surface area contributed by atoms with Gasteiger partial charge in [0.1, 0.15) is 6.04 Å². The van der Waals surface area contributed by atoms with E-state index in [0.29, 0.717) is 19.4 Å². The average molecular weight is 449 g/mol. The number of anilines is 2. The number of likely N-dealkylation sites (tertiary alicyclic amines) is 1. The van der Waals surface area contributed by atoms with Gasteiger partial charge in [-0.1, -0.05) is 36.0 Å². The summed E-state index contributed by atoms with van der Waals surface area (Å²) in [4.78, 5) is 43.6. The van der Waals surface area contributed by atoms with Crippen LogP contribution in [0.25, 0.3) is 0 Å². The number of furan rings is 1. The van der Waals surface area contributed by atoms with Crippen molar-refractivity contribution in [2.24, 2.45) is 0 Å². The van der Waals surface area contributed by atoms with E-state index in [4.69, 9.17) is 9.15 Å². The van der Waals surface area contributed by atoms with E-state index in [9.17, 15) is 14.4 Å². The Kier molecular flexibility index (Phi) is 5.45. The summed E-state index contributed by atoms with van der Waals surface area (Å²) in [6.07, 6.45) is 2.59. The second-order valence-electron chi connectivity index (χ2n) is 7.51. The summed E-state index contributed by atoms with van der Waals surface area (Å²) < 4.78 is 10.6. The molecule has 0 unspecified atom stereocenters. The van der Waals surface area contributed by atoms with Gasteiger partial charge in [-0.3, -0.25) is 14.5 Å². The third-order valence-electron chi connectivity index (χ3n) is 5.54. The number of fused-ring (bicyclic) bond motifs is 2. The number of amides is 2. The van der Waals surface area contributed by atoms with Gasteiger partial charge in [-0.05, 0) is 49.2 Å². The third-order valence-corrected chi connectivity index (χ3v) is 6.67. The topological polar surface area (TPSA) is 80.1 Å². The molecule has 2 amide bonds. The molecule has 0 aliphatic carbocycles. The number of carbonyl (C=O) groups is 3. The molecule has 2 aliphatic heterocycles. The Bertz CT molecular complexity index is 1130. The van der Waals surface area contributed by atoms with Gasteiger partial charge in [0, 0.05) is 16.3 Å². The zero-order chi connectivity index (χ0) is 22.1. The Morgan fingerprint density at radius 2 is 1.66 bits per heavy atom. The van der Waals surface area contributed by atoms with Crippen LogP contribution in [0.5, 0.6) is 0 Å². The molecule has 1 fully saturated rings. The summed E-state index contributed by atoms with van der Waals surface area (Å²) in [5, 5.41) is 0. The van der Waals surface area contributed by atoms with E-state index in [1.54, 1.807) is 28.8 Å². The highest BCUT2D eigenvalue weighted by atomic mass is 32.2. The van der Waals surface area contributed by atoms with Gasteiger partial charge in [-0.15, -0.1) is 0 Å². The number of para-hydroxylation sites is 2. The van der Waals surface area contributed by atoms with Crippen molar-refractivity contribution in [3.05, 3.63) is 72.7 Å². The molecule has 0 spiro atoms. The van der Waals surface area contributed by atoms with Gasteiger partial charge in [0.2, 0.25) is 0 Å². The maximum atomic E-state index is 13.2. The first-order valence-electron chi connectivity index (χ1n) is 10.3. The van der Waals surface area contributed by atoms with Crippen LogP contribution in [0.3, 0.4) is 0 Å². The molecule has 5 rings (SSSR count). The van der Waals surface area contributed by atoms with Crippen molar-refractivity contribution in [1.29, 1.82) is 0 Å². The molecule has 3 aromatic rings. The first-order valence-corrected chi connectivity index (χ1v) is 11.1. The summed E-state index contributed by atoms with van der Waals surface area (Å²) in [7, 11) is 0. The molecule has 32 heavy (non-hydrogen) atoms. The van der Waals surface area contributed by atoms with Crippen molar-refractivity contribution in [1.82, 2.24) is 4.90 Å². The molecule has 0 saturated carbocycles. The van der Waals surface area contributed by atoms with Crippen LogP contribution in [0, 0.1) is 0 Å². The van der Waals surface area contributed by atoms with Crippen molar-refractivity contribution in [3.8, 4) is 0 Å². The first kappa shape index (κ1) is 20.4. The summed E-state index contributed by atoms with van der Waals surface area (Å²) in [6.45, 7) is 0.0306. The molecule has 3 heterocycles. The molecular weight excluding hydrogens is 428 g/mol. The molecule has 162 valence electrons. The Hall–Kier alpha value is -3.52. The van der Waals surface area contributed by atoms with Gasteiger partial charge in [0.25, 0.3) is 11.8 Å². The fraction of sp³-hybridized carbons (Fsp3) is 0.208. The van der Waals surface area contributed by atoms with Crippen LogP contribution in [0.4, 0.5) is 11.4 Å². The van der Waals surface area contributed by atoms with Crippen molar-refractivity contribution in [2.75, 3.05) is 18.1 Å². The van der Waals surface area contributed by atoms with Gasteiger partial charge < -0.3 is 14.1 Å². The minimum atomic E-state index is -0.725.